The zero-order valence-electron chi connectivity index (χ0n) is 25.6. The van der Waals surface area contributed by atoms with Gasteiger partial charge in [0.05, 0.1) is 0 Å². The molecule has 1 heterocycles. The molecule has 3 atom stereocenters. The molecule has 0 N–H and O–H groups in total. The van der Waals surface area contributed by atoms with Crippen LogP contribution in [-0.2, 0) is 20.3 Å². The van der Waals surface area contributed by atoms with E-state index in [2.05, 4.69) is 136 Å². The molecule has 4 aromatic carbocycles. The molecule has 1 saturated heterocycles. The van der Waals surface area contributed by atoms with Crippen LogP contribution in [0.1, 0.15) is 63.5 Å². The van der Waals surface area contributed by atoms with Crippen molar-refractivity contribution in [1.82, 2.24) is 0 Å². The molecule has 2 aliphatic carbocycles. The van der Waals surface area contributed by atoms with E-state index in [0.717, 1.165) is 10.0 Å². The van der Waals surface area contributed by atoms with Gasteiger partial charge >= 0.3 is 259 Å². The van der Waals surface area contributed by atoms with Crippen molar-refractivity contribution in [2.45, 2.75) is 68.4 Å². The third kappa shape index (κ3) is 4.77. The van der Waals surface area contributed by atoms with E-state index in [1.54, 1.807) is 25.0 Å². The van der Waals surface area contributed by atoms with Gasteiger partial charge in [0.15, 0.2) is 0 Å². The summed E-state index contributed by atoms with van der Waals surface area (Å²) in [5.74, 6) is 0.397. The number of hydrogen-bond acceptors (Lipinski definition) is 0. The molecule has 0 bridgehead atoms. The Balaban J connectivity index is 1.45. The van der Waals surface area contributed by atoms with E-state index in [9.17, 15) is 0 Å². The first kappa shape index (κ1) is 28.0. The monoisotopic (exact) mass is 626 g/mol. The summed E-state index contributed by atoms with van der Waals surface area (Å²) < 4.78 is 5.70. The van der Waals surface area contributed by atoms with Gasteiger partial charge in [0.2, 0.25) is 0 Å². The van der Waals surface area contributed by atoms with Crippen LogP contribution in [0.15, 0.2) is 121 Å². The predicted octanol–water partition coefficient (Wildman–Crippen LogP) is 12.4. The summed E-state index contributed by atoms with van der Waals surface area (Å²) in [6.07, 6.45) is 12.4. The summed E-state index contributed by atoms with van der Waals surface area (Å²) in [4.78, 5) is 0. The Kier molecular flexibility index (Phi) is 7.60. The molecule has 1 heteroatoms. The Bertz CT molecular complexity index is 1560. The van der Waals surface area contributed by atoms with Crippen molar-refractivity contribution in [3.05, 3.63) is 132 Å². The zero-order chi connectivity index (χ0) is 28.7. The van der Waals surface area contributed by atoms with Crippen molar-refractivity contribution in [2.75, 3.05) is 0 Å². The van der Waals surface area contributed by atoms with Crippen LogP contribution in [0.3, 0.4) is 0 Å². The van der Waals surface area contributed by atoms with Gasteiger partial charge in [-0.25, -0.2) is 0 Å². The van der Waals surface area contributed by atoms with E-state index in [1.165, 1.54) is 56.8 Å². The number of rotatable bonds is 10. The second kappa shape index (κ2) is 11.4. The Labute approximate surface area is 258 Å². The first-order valence-electron chi connectivity index (χ1n) is 16.3. The molecule has 1 fully saturated rings. The molecule has 0 radical (unpaired) electrons. The van der Waals surface area contributed by atoms with Crippen molar-refractivity contribution in [2.24, 2.45) is 5.41 Å². The first-order valence-corrected chi connectivity index (χ1v) is 23.0. The van der Waals surface area contributed by atoms with Crippen LogP contribution < -0.4 is 0 Å². The number of hydrogen-bond donors (Lipinski definition) is 0. The molecule has 4 aromatic rings. The van der Waals surface area contributed by atoms with Crippen molar-refractivity contribution in [3.63, 3.8) is 0 Å². The molecule has 212 valence electrons. The van der Waals surface area contributed by atoms with E-state index in [-0.39, 0.29) is 5.41 Å². The van der Waals surface area contributed by atoms with E-state index in [4.69, 9.17) is 0 Å². The summed E-state index contributed by atoms with van der Waals surface area (Å²) in [5.41, 5.74) is 13.3. The van der Waals surface area contributed by atoms with Gasteiger partial charge in [-0.05, 0) is 0 Å². The van der Waals surface area contributed by atoms with Gasteiger partial charge in [-0.3, -0.25) is 0 Å². The normalized spacial score (nSPS) is 22.0. The fraction of sp³-hybridized carbons (Fsp3) is 0.317. The Morgan fingerprint density at radius 2 is 1.31 bits per heavy atom. The quantitative estimate of drug-likeness (QED) is 0.164. The molecular formula is C41H44Zr. The van der Waals surface area contributed by atoms with Gasteiger partial charge < -0.3 is 0 Å². The maximum atomic E-state index is 2.62. The van der Waals surface area contributed by atoms with Crippen LogP contribution in [0, 0.1) is 5.41 Å². The van der Waals surface area contributed by atoms with Gasteiger partial charge in [0, 0.05) is 0 Å². The summed E-state index contributed by atoms with van der Waals surface area (Å²) in [5, 5.41) is 0. The van der Waals surface area contributed by atoms with Crippen LogP contribution >= 0.6 is 0 Å². The number of allylic oxidation sites excluding steroid dienone is 4. The molecule has 42 heavy (non-hydrogen) atoms. The van der Waals surface area contributed by atoms with E-state index >= 15 is 0 Å². The van der Waals surface area contributed by atoms with Crippen molar-refractivity contribution >= 4 is 0 Å². The van der Waals surface area contributed by atoms with Gasteiger partial charge in [-0.15, -0.1) is 0 Å². The number of benzene rings is 4. The van der Waals surface area contributed by atoms with E-state index in [0.29, 0.717) is 5.92 Å². The molecule has 0 amide bonds. The first-order chi connectivity index (χ1) is 20.6. The molecule has 3 aliphatic rings. The number of fused-ring (bicyclic) bond motifs is 3. The second-order valence-corrected chi connectivity index (χ2v) is 25.6. The van der Waals surface area contributed by atoms with Crippen LogP contribution in [-0.4, -0.2) is 0 Å². The molecular weight excluding hydrogens is 584 g/mol. The summed E-state index contributed by atoms with van der Waals surface area (Å²) in [6.45, 7) is 7.53. The average molecular weight is 628 g/mol. The zero-order valence-corrected chi connectivity index (χ0v) is 28.0. The van der Waals surface area contributed by atoms with Gasteiger partial charge in [0.25, 0.3) is 0 Å². The van der Waals surface area contributed by atoms with Crippen LogP contribution in [0.5, 0.6) is 0 Å². The Hall–Kier alpha value is -2.76. The van der Waals surface area contributed by atoms with Crippen molar-refractivity contribution in [3.8, 4) is 33.4 Å². The molecule has 1 aliphatic heterocycles. The van der Waals surface area contributed by atoms with Gasteiger partial charge in [-0.2, -0.15) is 0 Å². The van der Waals surface area contributed by atoms with Gasteiger partial charge in [-0.1, -0.05) is 0 Å². The SMILES string of the molecule is CCC[CH2][Zr]1([CH2]C(CC)(C2=CC=CC2)C2c3cc(-c4ccccc4)ccc3-c3ccc(-c4ccccc4)cc32)[CH2][CH]1C. The van der Waals surface area contributed by atoms with Crippen LogP contribution in [0.25, 0.3) is 33.4 Å². The molecule has 0 saturated carbocycles. The Morgan fingerprint density at radius 3 is 1.76 bits per heavy atom. The van der Waals surface area contributed by atoms with Crippen LogP contribution in [0.2, 0.25) is 16.0 Å². The maximum absolute atomic E-state index is 2.62. The van der Waals surface area contributed by atoms with Crippen molar-refractivity contribution in [1.29, 1.82) is 0 Å². The van der Waals surface area contributed by atoms with E-state index < -0.39 is 20.3 Å². The fourth-order valence-corrected chi connectivity index (χ4v) is 26.3. The minimum atomic E-state index is -2.26. The summed E-state index contributed by atoms with van der Waals surface area (Å²) >= 11 is -2.26. The second-order valence-electron chi connectivity index (χ2n) is 13.4. The average Bonchev–Trinajstić information content (AvgIpc) is 3.38. The molecule has 3 unspecified atom stereocenters. The minimum absolute atomic E-state index is 0.183. The molecule has 0 aromatic heterocycles. The molecule has 0 nitrogen and oxygen atoms in total. The molecule has 0 spiro atoms. The third-order valence-corrected chi connectivity index (χ3v) is 25.6. The molecule has 7 rings (SSSR count). The topological polar surface area (TPSA) is 0 Å². The van der Waals surface area contributed by atoms with E-state index in [1.807, 2.05) is 0 Å². The summed E-state index contributed by atoms with van der Waals surface area (Å²) in [7, 11) is 0. The third-order valence-electron chi connectivity index (χ3n) is 11.1. The number of unbranched alkanes of at least 4 members (excludes halogenated alkanes) is 1. The standard InChI is InChI=1S/C34H29.C4H9.C3H6.Zr/c1-3-34(2,28-16-10-11-17-28)33-31-22-26(24-12-6-4-7-13-24)18-20-29(31)30-21-19-27(23-32(30)33)25-14-8-5-9-15-25;1-3-4-2;1-3-2;/h4-16,18-23,33H,2-3,17H2,1H3;1,3-4H2,2H3;3H,1H2,2H3;. The summed E-state index contributed by atoms with van der Waals surface area (Å²) in [6, 6.07) is 36.8. The van der Waals surface area contributed by atoms with Gasteiger partial charge in [0.1, 0.15) is 0 Å². The van der Waals surface area contributed by atoms with Crippen molar-refractivity contribution < 1.29 is 20.3 Å². The van der Waals surface area contributed by atoms with Crippen LogP contribution in [0.4, 0.5) is 0 Å². The Morgan fingerprint density at radius 1 is 0.738 bits per heavy atom. The fourth-order valence-electron chi connectivity index (χ4n) is 8.64. The predicted molar refractivity (Wildman–Crippen MR) is 178 cm³/mol.